The zero-order valence-electron chi connectivity index (χ0n) is 20.1. The lowest BCUT2D eigenvalue weighted by molar-refractivity contribution is 0.0958. The average Bonchev–Trinajstić information content (AvgIpc) is 2.90. The molecule has 0 spiro atoms. The number of carbonyl (C=O) groups excluding carboxylic acids is 1. The largest absolute Gasteiger partial charge is 0.497 e. The summed E-state index contributed by atoms with van der Waals surface area (Å²) in [6.07, 6.45) is 1.78. The molecular formula is C28H32N2O4. The molecule has 0 saturated carbocycles. The Morgan fingerprint density at radius 1 is 0.853 bits per heavy atom. The Balaban J connectivity index is 1.50. The Morgan fingerprint density at radius 2 is 1.50 bits per heavy atom. The van der Waals surface area contributed by atoms with Crippen molar-refractivity contribution in [3.63, 3.8) is 0 Å². The number of carbonyl (C=O) groups is 1. The molecule has 1 heterocycles. The van der Waals surface area contributed by atoms with E-state index in [9.17, 15) is 4.79 Å². The highest BCUT2D eigenvalue weighted by Gasteiger charge is 2.30. The summed E-state index contributed by atoms with van der Waals surface area (Å²) in [4.78, 5) is 18.0. The molecule has 1 aliphatic heterocycles. The van der Waals surface area contributed by atoms with Crippen LogP contribution in [-0.4, -0.2) is 51.3 Å². The SMILES string of the molecule is COc1ccc(C(=O)N(c2ccccc2)C2CCN(Cc3cc(OC)ccc3OC)CC2)cc1. The normalized spacial score (nSPS) is 14.4. The third kappa shape index (κ3) is 5.34. The minimum atomic E-state index is 0.0155. The average molecular weight is 461 g/mol. The molecule has 0 aromatic heterocycles. The predicted molar refractivity (Wildman–Crippen MR) is 134 cm³/mol. The van der Waals surface area contributed by atoms with Gasteiger partial charge in [0.25, 0.3) is 5.91 Å². The Labute approximate surface area is 201 Å². The second-order valence-corrected chi connectivity index (χ2v) is 8.42. The van der Waals surface area contributed by atoms with Gasteiger partial charge in [-0.2, -0.15) is 0 Å². The predicted octanol–water partition coefficient (Wildman–Crippen LogP) is 5.02. The first-order valence-electron chi connectivity index (χ1n) is 11.6. The number of ether oxygens (including phenoxy) is 3. The van der Waals surface area contributed by atoms with Crippen LogP contribution in [0.25, 0.3) is 0 Å². The van der Waals surface area contributed by atoms with E-state index in [1.54, 1.807) is 21.3 Å². The molecule has 0 atom stereocenters. The number of anilines is 1. The zero-order chi connectivity index (χ0) is 23.9. The summed E-state index contributed by atoms with van der Waals surface area (Å²) >= 11 is 0. The summed E-state index contributed by atoms with van der Waals surface area (Å²) in [6, 6.07) is 23.3. The number of piperidine rings is 1. The van der Waals surface area contributed by atoms with Crippen LogP contribution in [0.15, 0.2) is 72.8 Å². The van der Waals surface area contributed by atoms with Crippen molar-refractivity contribution in [1.29, 1.82) is 0 Å². The van der Waals surface area contributed by atoms with Crippen molar-refractivity contribution in [3.05, 3.63) is 83.9 Å². The van der Waals surface area contributed by atoms with Gasteiger partial charge in [0, 0.05) is 42.5 Å². The molecule has 1 saturated heterocycles. The maximum Gasteiger partial charge on any atom is 0.258 e. The molecule has 1 fully saturated rings. The highest BCUT2D eigenvalue weighted by molar-refractivity contribution is 6.06. The molecule has 0 bridgehead atoms. The molecular weight excluding hydrogens is 428 g/mol. The zero-order valence-corrected chi connectivity index (χ0v) is 20.1. The van der Waals surface area contributed by atoms with Crippen LogP contribution in [0.1, 0.15) is 28.8 Å². The summed E-state index contributed by atoms with van der Waals surface area (Å²) in [5.74, 6) is 2.44. The fourth-order valence-electron chi connectivity index (χ4n) is 4.54. The van der Waals surface area contributed by atoms with Crippen LogP contribution in [-0.2, 0) is 6.54 Å². The highest BCUT2D eigenvalue weighted by atomic mass is 16.5. The number of hydrogen-bond acceptors (Lipinski definition) is 5. The van der Waals surface area contributed by atoms with Gasteiger partial charge in [0.2, 0.25) is 0 Å². The van der Waals surface area contributed by atoms with E-state index < -0.39 is 0 Å². The van der Waals surface area contributed by atoms with Crippen molar-refractivity contribution in [3.8, 4) is 17.2 Å². The van der Waals surface area contributed by atoms with Gasteiger partial charge in [-0.1, -0.05) is 18.2 Å². The van der Waals surface area contributed by atoms with Crippen molar-refractivity contribution < 1.29 is 19.0 Å². The molecule has 34 heavy (non-hydrogen) atoms. The number of benzene rings is 3. The van der Waals surface area contributed by atoms with E-state index >= 15 is 0 Å². The molecule has 4 rings (SSSR count). The van der Waals surface area contributed by atoms with Crippen molar-refractivity contribution in [2.24, 2.45) is 0 Å². The summed E-state index contributed by atoms with van der Waals surface area (Å²) in [5, 5.41) is 0. The third-order valence-electron chi connectivity index (χ3n) is 6.39. The lowest BCUT2D eigenvalue weighted by atomic mass is 10.00. The molecule has 1 aliphatic rings. The van der Waals surface area contributed by atoms with Crippen LogP contribution in [0.4, 0.5) is 5.69 Å². The first kappa shape index (κ1) is 23.6. The lowest BCUT2D eigenvalue weighted by Gasteiger charge is -2.39. The number of rotatable bonds is 8. The third-order valence-corrected chi connectivity index (χ3v) is 6.39. The Kier molecular flexibility index (Phi) is 7.70. The fraction of sp³-hybridized carbons (Fsp3) is 0.321. The van der Waals surface area contributed by atoms with Gasteiger partial charge in [0.1, 0.15) is 17.2 Å². The van der Waals surface area contributed by atoms with E-state index in [4.69, 9.17) is 14.2 Å². The fourth-order valence-corrected chi connectivity index (χ4v) is 4.54. The van der Waals surface area contributed by atoms with Crippen LogP contribution >= 0.6 is 0 Å². The number of nitrogens with zero attached hydrogens (tertiary/aromatic N) is 2. The van der Waals surface area contributed by atoms with Crippen molar-refractivity contribution >= 4 is 11.6 Å². The van der Waals surface area contributed by atoms with Crippen molar-refractivity contribution in [2.45, 2.75) is 25.4 Å². The van der Waals surface area contributed by atoms with Gasteiger partial charge in [-0.15, -0.1) is 0 Å². The summed E-state index contributed by atoms with van der Waals surface area (Å²) in [5.41, 5.74) is 2.69. The molecule has 0 N–H and O–H groups in total. The monoisotopic (exact) mass is 460 g/mol. The van der Waals surface area contributed by atoms with E-state index in [2.05, 4.69) is 4.90 Å². The van der Waals surface area contributed by atoms with Crippen LogP contribution in [0.2, 0.25) is 0 Å². The first-order valence-corrected chi connectivity index (χ1v) is 11.6. The first-order chi connectivity index (χ1) is 16.6. The molecule has 0 aliphatic carbocycles. The Morgan fingerprint density at radius 3 is 2.12 bits per heavy atom. The smallest absolute Gasteiger partial charge is 0.258 e. The number of para-hydroxylation sites is 1. The second kappa shape index (κ2) is 11.1. The highest BCUT2D eigenvalue weighted by Crippen LogP contribution is 2.29. The maximum atomic E-state index is 13.6. The summed E-state index contributed by atoms with van der Waals surface area (Å²) < 4.78 is 16.2. The molecule has 0 unspecified atom stereocenters. The number of methoxy groups -OCH3 is 3. The van der Waals surface area contributed by atoms with Gasteiger partial charge in [0.15, 0.2) is 0 Å². The van der Waals surface area contributed by atoms with Gasteiger partial charge >= 0.3 is 0 Å². The number of amides is 1. The molecule has 178 valence electrons. The standard InChI is InChI=1S/C28H32N2O4/c1-32-25-11-9-21(10-12-25)28(31)30(23-7-5-4-6-8-23)24-15-17-29(18-16-24)20-22-19-26(33-2)13-14-27(22)34-3/h4-14,19,24H,15-18,20H2,1-3H3. The quantitative estimate of drug-likeness (QED) is 0.472. The van der Waals surface area contributed by atoms with E-state index in [0.717, 1.165) is 61.0 Å². The van der Waals surface area contributed by atoms with Gasteiger partial charge in [-0.3, -0.25) is 9.69 Å². The Bertz CT molecular complexity index is 1080. The number of likely N-dealkylation sites (tertiary alicyclic amines) is 1. The molecule has 0 radical (unpaired) electrons. The van der Waals surface area contributed by atoms with Crippen LogP contribution in [0.5, 0.6) is 17.2 Å². The van der Waals surface area contributed by atoms with Crippen molar-refractivity contribution in [2.75, 3.05) is 39.3 Å². The topological polar surface area (TPSA) is 51.2 Å². The van der Waals surface area contributed by atoms with Gasteiger partial charge in [-0.05, 0) is 67.4 Å². The van der Waals surface area contributed by atoms with E-state index in [-0.39, 0.29) is 11.9 Å². The lowest BCUT2D eigenvalue weighted by Crippen LogP contribution is -2.47. The molecule has 6 heteroatoms. The van der Waals surface area contributed by atoms with E-state index in [1.807, 2.05) is 77.7 Å². The minimum absolute atomic E-state index is 0.0155. The van der Waals surface area contributed by atoms with Gasteiger partial charge < -0.3 is 19.1 Å². The van der Waals surface area contributed by atoms with E-state index in [0.29, 0.717) is 5.56 Å². The Hall–Kier alpha value is -3.51. The minimum Gasteiger partial charge on any atom is -0.497 e. The summed E-state index contributed by atoms with van der Waals surface area (Å²) in [7, 11) is 5.00. The molecule has 3 aromatic rings. The van der Waals surface area contributed by atoms with Gasteiger partial charge in [-0.25, -0.2) is 0 Å². The molecule has 1 amide bonds. The molecule has 3 aromatic carbocycles. The maximum absolute atomic E-state index is 13.6. The van der Waals surface area contributed by atoms with Gasteiger partial charge in [0.05, 0.1) is 21.3 Å². The van der Waals surface area contributed by atoms with Crippen LogP contribution < -0.4 is 19.1 Å². The molecule has 6 nitrogen and oxygen atoms in total. The van der Waals surface area contributed by atoms with Crippen LogP contribution in [0.3, 0.4) is 0 Å². The second-order valence-electron chi connectivity index (χ2n) is 8.42. The number of hydrogen-bond donors (Lipinski definition) is 0. The van der Waals surface area contributed by atoms with Crippen molar-refractivity contribution in [1.82, 2.24) is 4.90 Å². The summed E-state index contributed by atoms with van der Waals surface area (Å²) in [6.45, 7) is 2.57. The van der Waals surface area contributed by atoms with Crippen LogP contribution in [0, 0.1) is 0 Å². The van der Waals surface area contributed by atoms with E-state index in [1.165, 1.54) is 0 Å².